The molecular formula is C8H11IN2O2. The number of rotatable bonds is 4. The number of aromatic nitrogens is 2. The van der Waals surface area contributed by atoms with Gasteiger partial charge in [-0.3, -0.25) is 9.36 Å². The van der Waals surface area contributed by atoms with Gasteiger partial charge in [0.2, 0.25) is 0 Å². The fourth-order valence-corrected chi connectivity index (χ4v) is 1.36. The van der Waals surface area contributed by atoms with Gasteiger partial charge in [0.1, 0.15) is 0 Å². The van der Waals surface area contributed by atoms with Crippen molar-refractivity contribution in [3.05, 3.63) is 26.4 Å². The lowest BCUT2D eigenvalue weighted by Gasteiger charge is -2.04. The molecule has 13 heavy (non-hydrogen) atoms. The van der Waals surface area contributed by atoms with E-state index in [1.165, 1.54) is 6.33 Å². The summed E-state index contributed by atoms with van der Waals surface area (Å²) >= 11 is 1.97. The average molecular weight is 294 g/mol. The molecule has 0 bridgehead atoms. The van der Waals surface area contributed by atoms with Crippen molar-refractivity contribution in [2.24, 2.45) is 0 Å². The van der Waals surface area contributed by atoms with Crippen LogP contribution in [0.1, 0.15) is 6.92 Å². The Bertz CT molecular complexity index is 324. The van der Waals surface area contributed by atoms with Crippen molar-refractivity contribution in [2.45, 2.75) is 13.5 Å². The fraction of sp³-hybridized carbons (Fsp3) is 0.500. The van der Waals surface area contributed by atoms with E-state index in [-0.39, 0.29) is 5.56 Å². The molecule has 0 fully saturated rings. The maximum atomic E-state index is 11.4. The number of nitrogens with zero attached hydrogens (tertiary/aromatic N) is 2. The van der Waals surface area contributed by atoms with E-state index >= 15 is 0 Å². The highest BCUT2D eigenvalue weighted by atomic mass is 127. The zero-order chi connectivity index (χ0) is 9.68. The van der Waals surface area contributed by atoms with Gasteiger partial charge in [0.15, 0.2) is 0 Å². The maximum Gasteiger partial charge on any atom is 0.266 e. The second-order valence-corrected chi connectivity index (χ2v) is 3.60. The molecule has 0 spiro atoms. The molecule has 0 atom stereocenters. The lowest BCUT2D eigenvalue weighted by atomic mass is 10.6. The first-order valence-corrected chi connectivity index (χ1v) is 5.11. The molecule has 1 heterocycles. The van der Waals surface area contributed by atoms with Crippen LogP contribution in [0.4, 0.5) is 0 Å². The summed E-state index contributed by atoms with van der Waals surface area (Å²) in [6.07, 6.45) is 3.09. The Hall–Kier alpha value is -0.430. The van der Waals surface area contributed by atoms with E-state index in [9.17, 15) is 4.79 Å². The highest BCUT2D eigenvalue weighted by Gasteiger charge is 1.99. The third-order valence-electron chi connectivity index (χ3n) is 1.54. The standard InChI is InChI=1S/C8H11IN2O2/c1-2-13-4-3-11-6-10-5-7(9)8(11)12/h5-6H,2-4H2,1H3. The Morgan fingerprint density at radius 1 is 1.69 bits per heavy atom. The largest absolute Gasteiger partial charge is 0.380 e. The second kappa shape index (κ2) is 5.33. The Morgan fingerprint density at radius 2 is 2.46 bits per heavy atom. The van der Waals surface area contributed by atoms with Gasteiger partial charge in [-0.2, -0.15) is 0 Å². The van der Waals surface area contributed by atoms with Crippen LogP contribution < -0.4 is 5.56 Å². The van der Waals surface area contributed by atoms with E-state index in [4.69, 9.17) is 4.74 Å². The third-order valence-corrected chi connectivity index (χ3v) is 2.28. The lowest BCUT2D eigenvalue weighted by molar-refractivity contribution is 0.138. The molecule has 0 aliphatic rings. The Labute approximate surface area is 90.1 Å². The summed E-state index contributed by atoms with van der Waals surface area (Å²) in [5.74, 6) is 0. The average Bonchev–Trinajstić information content (AvgIpc) is 2.13. The van der Waals surface area contributed by atoms with Crippen molar-refractivity contribution in [3.8, 4) is 0 Å². The van der Waals surface area contributed by atoms with Crippen LogP contribution in [0.25, 0.3) is 0 Å². The van der Waals surface area contributed by atoms with Crippen molar-refractivity contribution in [1.82, 2.24) is 9.55 Å². The van der Waals surface area contributed by atoms with E-state index < -0.39 is 0 Å². The summed E-state index contributed by atoms with van der Waals surface area (Å²) in [6, 6.07) is 0. The number of hydrogen-bond acceptors (Lipinski definition) is 3. The monoisotopic (exact) mass is 294 g/mol. The normalized spacial score (nSPS) is 10.3. The molecule has 0 aromatic carbocycles. The summed E-state index contributed by atoms with van der Waals surface area (Å²) in [6.45, 7) is 3.72. The molecule has 1 aromatic heterocycles. The summed E-state index contributed by atoms with van der Waals surface area (Å²) in [5, 5.41) is 0. The topological polar surface area (TPSA) is 44.1 Å². The quantitative estimate of drug-likeness (QED) is 0.612. The molecule has 1 aromatic rings. The highest BCUT2D eigenvalue weighted by molar-refractivity contribution is 14.1. The Balaban J connectivity index is 2.67. The van der Waals surface area contributed by atoms with Gasteiger partial charge in [0.05, 0.1) is 23.0 Å². The zero-order valence-electron chi connectivity index (χ0n) is 7.36. The minimum absolute atomic E-state index is 0.00435. The fourth-order valence-electron chi connectivity index (χ4n) is 0.891. The van der Waals surface area contributed by atoms with E-state index in [0.717, 1.165) is 0 Å². The molecule has 0 saturated heterocycles. The zero-order valence-corrected chi connectivity index (χ0v) is 9.52. The molecule has 0 N–H and O–H groups in total. The molecule has 5 heteroatoms. The van der Waals surface area contributed by atoms with Crippen LogP contribution in [-0.4, -0.2) is 22.8 Å². The van der Waals surface area contributed by atoms with Crippen molar-refractivity contribution in [3.63, 3.8) is 0 Å². The molecule has 0 aliphatic heterocycles. The van der Waals surface area contributed by atoms with Gasteiger partial charge in [-0.25, -0.2) is 4.98 Å². The van der Waals surface area contributed by atoms with Gasteiger partial charge in [0.25, 0.3) is 5.56 Å². The first kappa shape index (κ1) is 10.6. The van der Waals surface area contributed by atoms with Crippen LogP contribution in [-0.2, 0) is 11.3 Å². The molecule has 0 unspecified atom stereocenters. The van der Waals surface area contributed by atoms with Crippen molar-refractivity contribution in [1.29, 1.82) is 0 Å². The van der Waals surface area contributed by atoms with Crippen molar-refractivity contribution in [2.75, 3.05) is 13.2 Å². The minimum atomic E-state index is -0.00435. The predicted octanol–water partition coefficient (Wildman–Crippen LogP) is 0.884. The molecule has 1 rings (SSSR count). The van der Waals surface area contributed by atoms with Gasteiger partial charge in [-0.15, -0.1) is 0 Å². The van der Waals surface area contributed by atoms with Crippen LogP contribution in [0, 0.1) is 3.57 Å². The van der Waals surface area contributed by atoms with E-state index in [1.807, 2.05) is 29.5 Å². The number of halogens is 1. The predicted molar refractivity (Wildman–Crippen MR) is 57.7 cm³/mol. The van der Waals surface area contributed by atoms with E-state index in [2.05, 4.69) is 4.98 Å². The molecule has 4 nitrogen and oxygen atoms in total. The van der Waals surface area contributed by atoms with Crippen LogP contribution in [0.5, 0.6) is 0 Å². The van der Waals surface area contributed by atoms with Gasteiger partial charge in [0, 0.05) is 12.8 Å². The molecule has 0 saturated carbocycles. The summed E-state index contributed by atoms with van der Waals surface area (Å²) in [7, 11) is 0. The summed E-state index contributed by atoms with van der Waals surface area (Å²) < 4.78 is 7.33. The van der Waals surface area contributed by atoms with Gasteiger partial charge < -0.3 is 4.74 Å². The van der Waals surface area contributed by atoms with Crippen LogP contribution in [0.2, 0.25) is 0 Å². The van der Waals surface area contributed by atoms with Crippen molar-refractivity contribution >= 4 is 22.6 Å². The third kappa shape index (κ3) is 3.07. The molecule has 0 amide bonds. The minimum Gasteiger partial charge on any atom is -0.380 e. The maximum absolute atomic E-state index is 11.4. The van der Waals surface area contributed by atoms with Gasteiger partial charge in [-0.05, 0) is 29.5 Å². The number of hydrogen-bond donors (Lipinski definition) is 0. The van der Waals surface area contributed by atoms with Gasteiger partial charge in [-0.1, -0.05) is 0 Å². The molecule has 0 aliphatic carbocycles. The molecule has 72 valence electrons. The second-order valence-electron chi connectivity index (χ2n) is 2.44. The molecular weight excluding hydrogens is 283 g/mol. The first-order valence-electron chi connectivity index (χ1n) is 4.03. The van der Waals surface area contributed by atoms with Crippen molar-refractivity contribution < 1.29 is 4.74 Å². The molecule has 0 radical (unpaired) electrons. The van der Waals surface area contributed by atoms with Crippen LogP contribution >= 0.6 is 22.6 Å². The summed E-state index contributed by atoms with van der Waals surface area (Å²) in [5.41, 5.74) is -0.00435. The summed E-state index contributed by atoms with van der Waals surface area (Å²) in [4.78, 5) is 15.3. The SMILES string of the molecule is CCOCCn1cncc(I)c1=O. The van der Waals surface area contributed by atoms with Gasteiger partial charge >= 0.3 is 0 Å². The Morgan fingerprint density at radius 3 is 3.15 bits per heavy atom. The van der Waals surface area contributed by atoms with E-state index in [0.29, 0.717) is 23.3 Å². The lowest BCUT2D eigenvalue weighted by Crippen LogP contribution is -2.24. The smallest absolute Gasteiger partial charge is 0.266 e. The highest BCUT2D eigenvalue weighted by Crippen LogP contribution is 1.92. The van der Waals surface area contributed by atoms with Crippen LogP contribution in [0.15, 0.2) is 17.3 Å². The Kier molecular flexibility index (Phi) is 4.37. The van der Waals surface area contributed by atoms with Crippen LogP contribution in [0.3, 0.4) is 0 Å². The first-order chi connectivity index (χ1) is 6.25. The number of ether oxygens (including phenoxy) is 1. The van der Waals surface area contributed by atoms with E-state index in [1.54, 1.807) is 10.8 Å².